The van der Waals surface area contributed by atoms with Gasteiger partial charge in [0, 0.05) is 47.8 Å². The summed E-state index contributed by atoms with van der Waals surface area (Å²) in [7, 11) is 0. The summed E-state index contributed by atoms with van der Waals surface area (Å²) in [5.41, 5.74) is 1.04. The Morgan fingerprint density at radius 1 is 1.38 bits per heavy atom. The van der Waals surface area contributed by atoms with Crippen LogP contribution in [0.3, 0.4) is 0 Å². The van der Waals surface area contributed by atoms with Crippen LogP contribution < -0.4 is 5.32 Å². The largest absolute Gasteiger partial charge is 0.312 e. The lowest BCUT2D eigenvalue weighted by molar-refractivity contribution is 0.200. The summed E-state index contributed by atoms with van der Waals surface area (Å²) < 4.78 is 0. The third-order valence-corrected chi connectivity index (χ3v) is 3.60. The molecule has 0 saturated carbocycles. The number of halogens is 2. The van der Waals surface area contributed by atoms with Crippen molar-refractivity contribution in [2.45, 2.75) is 19.5 Å². The van der Waals surface area contributed by atoms with Crippen molar-refractivity contribution in [2.24, 2.45) is 0 Å². The summed E-state index contributed by atoms with van der Waals surface area (Å²) in [6.45, 7) is 6.15. The second kappa shape index (κ2) is 5.37. The molecule has 1 aliphatic rings. The Hall–Kier alpha value is -0.280. The quantitative estimate of drug-likeness (QED) is 0.878. The normalized spacial score (nSPS) is 22.3. The molecule has 0 unspecified atom stereocenters. The molecule has 1 N–H and O–H groups in total. The number of hydrogen-bond donors (Lipinski definition) is 1. The van der Waals surface area contributed by atoms with Crippen LogP contribution in [-0.4, -0.2) is 30.6 Å². The second-order valence-electron chi connectivity index (χ2n) is 4.29. The van der Waals surface area contributed by atoms with Gasteiger partial charge in [0.15, 0.2) is 0 Å². The molecule has 1 aliphatic heterocycles. The minimum atomic E-state index is 0.537. The topological polar surface area (TPSA) is 15.3 Å². The molecule has 1 heterocycles. The molecule has 1 aromatic rings. The van der Waals surface area contributed by atoms with Gasteiger partial charge in [-0.2, -0.15) is 0 Å². The SMILES string of the molecule is C[C@@H]1CN(Cc2c(Cl)cccc2Cl)CCN1. The molecule has 0 bridgehead atoms. The average Bonchev–Trinajstić information content (AvgIpc) is 2.24. The molecule has 1 aromatic carbocycles. The highest BCUT2D eigenvalue weighted by molar-refractivity contribution is 6.35. The first-order valence-electron chi connectivity index (χ1n) is 5.55. The maximum absolute atomic E-state index is 6.16. The number of rotatable bonds is 2. The highest BCUT2D eigenvalue weighted by atomic mass is 35.5. The van der Waals surface area contributed by atoms with Gasteiger partial charge in [-0.1, -0.05) is 29.3 Å². The Morgan fingerprint density at radius 3 is 2.69 bits per heavy atom. The summed E-state index contributed by atoms with van der Waals surface area (Å²) in [6.07, 6.45) is 0. The van der Waals surface area contributed by atoms with Gasteiger partial charge in [-0.15, -0.1) is 0 Å². The lowest BCUT2D eigenvalue weighted by atomic mass is 10.1. The first-order chi connectivity index (χ1) is 7.66. The number of nitrogens with zero attached hydrogens (tertiary/aromatic N) is 1. The Bertz CT molecular complexity index is 348. The van der Waals surface area contributed by atoms with E-state index in [2.05, 4.69) is 17.1 Å². The maximum atomic E-state index is 6.16. The van der Waals surface area contributed by atoms with Crippen molar-refractivity contribution in [3.05, 3.63) is 33.8 Å². The van der Waals surface area contributed by atoms with Crippen LogP contribution in [0, 0.1) is 0 Å². The van der Waals surface area contributed by atoms with E-state index in [4.69, 9.17) is 23.2 Å². The van der Waals surface area contributed by atoms with Crippen molar-refractivity contribution >= 4 is 23.2 Å². The zero-order valence-corrected chi connectivity index (χ0v) is 10.9. The van der Waals surface area contributed by atoms with Crippen LogP contribution in [-0.2, 0) is 6.54 Å². The van der Waals surface area contributed by atoms with Gasteiger partial charge in [0.25, 0.3) is 0 Å². The number of hydrogen-bond acceptors (Lipinski definition) is 2. The number of nitrogens with one attached hydrogen (secondary N) is 1. The fraction of sp³-hybridized carbons (Fsp3) is 0.500. The third kappa shape index (κ3) is 2.89. The molecule has 1 atom stereocenters. The molecule has 0 aliphatic carbocycles. The van der Waals surface area contributed by atoms with Gasteiger partial charge in [0.1, 0.15) is 0 Å². The number of benzene rings is 1. The van der Waals surface area contributed by atoms with Crippen molar-refractivity contribution in [3.8, 4) is 0 Å². The molecular formula is C12H16Cl2N2. The molecule has 0 spiro atoms. The van der Waals surface area contributed by atoms with Crippen LogP contribution in [0.2, 0.25) is 10.0 Å². The van der Waals surface area contributed by atoms with Crippen LogP contribution in [0.1, 0.15) is 12.5 Å². The van der Waals surface area contributed by atoms with E-state index in [1.807, 2.05) is 18.2 Å². The smallest absolute Gasteiger partial charge is 0.0465 e. The minimum Gasteiger partial charge on any atom is -0.312 e. The van der Waals surface area contributed by atoms with Crippen molar-refractivity contribution < 1.29 is 0 Å². The summed E-state index contributed by atoms with van der Waals surface area (Å²) in [6, 6.07) is 6.21. The molecule has 16 heavy (non-hydrogen) atoms. The van der Waals surface area contributed by atoms with Crippen molar-refractivity contribution in [3.63, 3.8) is 0 Å². The molecule has 88 valence electrons. The molecule has 1 fully saturated rings. The number of piperazine rings is 1. The molecule has 2 nitrogen and oxygen atoms in total. The van der Waals surface area contributed by atoms with E-state index in [1.165, 1.54) is 0 Å². The van der Waals surface area contributed by atoms with Gasteiger partial charge < -0.3 is 5.32 Å². The fourth-order valence-corrected chi connectivity index (χ4v) is 2.58. The van der Waals surface area contributed by atoms with E-state index in [1.54, 1.807) is 0 Å². The predicted octanol–water partition coefficient (Wildman–Crippen LogP) is 2.79. The lowest BCUT2D eigenvalue weighted by Crippen LogP contribution is -2.48. The summed E-state index contributed by atoms with van der Waals surface area (Å²) in [5.74, 6) is 0. The highest BCUT2D eigenvalue weighted by Crippen LogP contribution is 2.25. The molecular weight excluding hydrogens is 243 g/mol. The standard InChI is InChI=1S/C12H16Cl2N2/c1-9-7-16(6-5-15-9)8-10-11(13)3-2-4-12(10)14/h2-4,9,15H,5-8H2,1H3/t9-/m1/s1. The molecule has 0 aromatic heterocycles. The van der Waals surface area contributed by atoms with Gasteiger partial charge in [0.05, 0.1) is 0 Å². The van der Waals surface area contributed by atoms with Crippen LogP contribution in [0.4, 0.5) is 0 Å². The van der Waals surface area contributed by atoms with Gasteiger partial charge in [-0.05, 0) is 19.1 Å². The van der Waals surface area contributed by atoms with E-state index in [0.717, 1.165) is 41.8 Å². The Balaban J connectivity index is 2.08. The van der Waals surface area contributed by atoms with Gasteiger partial charge >= 0.3 is 0 Å². The average molecular weight is 259 g/mol. The first kappa shape index (κ1) is 12.2. The highest BCUT2D eigenvalue weighted by Gasteiger charge is 2.17. The molecule has 1 saturated heterocycles. The first-order valence-corrected chi connectivity index (χ1v) is 6.31. The van der Waals surface area contributed by atoms with Crippen LogP contribution >= 0.6 is 23.2 Å². The zero-order valence-electron chi connectivity index (χ0n) is 9.34. The lowest BCUT2D eigenvalue weighted by Gasteiger charge is -2.32. The Kier molecular flexibility index (Phi) is 4.09. The summed E-state index contributed by atoms with van der Waals surface area (Å²) >= 11 is 12.3. The molecule has 0 amide bonds. The second-order valence-corrected chi connectivity index (χ2v) is 5.10. The van der Waals surface area contributed by atoms with Crippen molar-refractivity contribution in [1.82, 2.24) is 10.2 Å². The zero-order chi connectivity index (χ0) is 11.5. The molecule has 4 heteroatoms. The summed E-state index contributed by atoms with van der Waals surface area (Å²) in [4.78, 5) is 2.38. The van der Waals surface area contributed by atoms with Crippen molar-refractivity contribution in [1.29, 1.82) is 0 Å². The predicted molar refractivity (Wildman–Crippen MR) is 69.2 cm³/mol. The van der Waals surface area contributed by atoms with E-state index in [9.17, 15) is 0 Å². The van der Waals surface area contributed by atoms with Gasteiger partial charge in [-0.3, -0.25) is 4.90 Å². The van der Waals surface area contributed by atoms with Crippen molar-refractivity contribution in [2.75, 3.05) is 19.6 Å². The third-order valence-electron chi connectivity index (χ3n) is 2.90. The van der Waals surface area contributed by atoms with E-state index < -0.39 is 0 Å². The minimum absolute atomic E-state index is 0.537. The Morgan fingerprint density at radius 2 is 2.06 bits per heavy atom. The molecule has 0 radical (unpaired) electrons. The van der Waals surface area contributed by atoms with Gasteiger partial charge in [-0.25, -0.2) is 0 Å². The monoisotopic (exact) mass is 258 g/mol. The van der Waals surface area contributed by atoms with Gasteiger partial charge in [0.2, 0.25) is 0 Å². The van der Waals surface area contributed by atoms with E-state index in [0.29, 0.717) is 6.04 Å². The maximum Gasteiger partial charge on any atom is 0.0465 e. The molecule has 2 rings (SSSR count). The van der Waals surface area contributed by atoms with Crippen LogP contribution in [0.5, 0.6) is 0 Å². The summed E-state index contributed by atoms with van der Waals surface area (Å²) in [5, 5.41) is 4.94. The Labute approximate surface area is 107 Å². The fourth-order valence-electron chi connectivity index (χ4n) is 2.06. The van der Waals surface area contributed by atoms with Crippen LogP contribution in [0.15, 0.2) is 18.2 Å². The van der Waals surface area contributed by atoms with E-state index in [-0.39, 0.29) is 0 Å². The van der Waals surface area contributed by atoms with E-state index >= 15 is 0 Å². The van der Waals surface area contributed by atoms with Crippen LogP contribution in [0.25, 0.3) is 0 Å².